The van der Waals surface area contributed by atoms with E-state index in [1.54, 1.807) is 42.5 Å². The summed E-state index contributed by atoms with van der Waals surface area (Å²) in [5, 5.41) is 3.87. The van der Waals surface area contributed by atoms with Gasteiger partial charge in [0.2, 0.25) is 21.8 Å². The summed E-state index contributed by atoms with van der Waals surface area (Å²) in [5.74, 6) is -0.855. The molecule has 0 heterocycles. The van der Waals surface area contributed by atoms with Crippen LogP contribution in [-0.2, 0) is 32.6 Å². The third kappa shape index (κ3) is 8.72. The van der Waals surface area contributed by atoms with Gasteiger partial charge in [0.25, 0.3) is 0 Å². The second-order valence-electron chi connectivity index (χ2n) is 10.5. The van der Waals surface area contributed by atoms with Crippen LogP contribution < -0.4 is 9.62 Å². The number of carbonyl (C=O) groups excluding carboxylic acids is 2. The molecule has 224 valence electrons. The van der Waals surface area contributed by atoms with Gasteiger partial charge in [0, 0.05) is 39.1 Å². The topological polar surface area (TPSA) is 86.8 Å². The standard InChI is InChI=1S/C31H34BrCl2N3O4S/c1-42(40,41)37(25-15-8-12-23(32)19-25)21-30(38)36(20-26-27(33)16-9-17-28(26)34)29(18-22-10-4-2-5-11-22)31(39)35-24-13-6-3-7-14-24/h2,4-5,8-12,15-17,19,24,29H,3,6-7,13-14,18,20-21H2,1H3,(H,35,39)/t29-/m1/s1. The first kappa shape index (κ1) is 32.3. The van der Waals surface area contributed by atoms with Crippen LogP contribution in [0.25, 0.3) is 0 Å². The van der Waals surface area contributed by atoms with Gasteiger partial charge in [0.05, 0.1) is 11.9 Å². The summed E-state index contributed by atoms with van der Waals surface area (Å²) in [6.45, 7) is -0.595. The predicted molar refractivity (Wildman–Crippen MR) is 172 cm³/mol. The molecule has 4 rings (SSSR count). The lowest BCUT2D eigenvalue weighted by Crippen LogP contribution is -2.55. The highest BCUT2D eigenvalue weighted by Gasteiger charge is 2.34. The molecule has 0 aromatic heterocycles. The monoisotopic (exact) mass is 693 g/mol. The van der Waals surface area contributed by atoms with Gasteiger partial charge in [-0.15, -0.1) is 0 Å². The summed E-state index contributed by atoms with van der Waals surface area (Å²) < 4.78 is 27.6. The van der Waals surface area contributed by atoms with Crippen molar-refractivity contribution in [3.63, 3.8) is 0 Å². The van der Waals surface area contributed by atoms with Gasteiger partial charge in [-0.05, 0) is 48.7 Å². The van der Waals surface area contributed by atoms with E-state index in [0.717, 1.165) is 48.2 Å². The van der Waals surface area contributed by atoms with Crippen LogP contribution in [0.1, 0.15) is 43.2 Å². The van der Waals surface area contributed by atoms with Gasteiger partial charge in [0.1, 0.15) is 12.6 Å². The number of carbonyl (C=O) groups is 2. The van der Waals surface area contributed by atoms with E-state index >= 15 is 0 Å². The number of sulfonamides is 1. The number of hydrogen-bond donors (Lipinski definition) is 1. The molecule has 42 heavy (non-hydrogen) atoms. The molecule has 1 atom stereocenters. The summed E-state index contributed by atoms with van der Waals surface area (Å²) in [6, 6.07) is 20.3. The molecule has 0 bridgehead atoms. The summed E-state index contributed by atoms with van der Waals surface area (Å²) in [5.41, 5.74) is 1.66. The molecule has 1 saturated carbocycles. The van der Waals surface area contributed by atoms with Gasteiger partial charge < -0.3 is 10.2 Å². The van der Waals surface area contributed by atoms with Crippen molar-refractivity contribution in [1.82, 2.24) is 10.2 Å². The van der Waals surface area contributed by atoms with Crippen molar-refractivity contribution in [3.05, 3.63) is 98.4 Å². The number of halogens is 3. The Bertz CT molecular complexity index is 1480. The normalized spacial score (nSPS) is 14.7. The average molecular weight is 696 g/mol. The summed E-state index contributed by atoms with van der Waals surface area (Å²) in [7, 11) is -3.87. The third-order valence-corrected chi connectivity index (χ3v) is 9.73. The molecule has 3 aromatic rings. The van der Waals surface area contributed by atoms with E-state index in [0.29, 0.717) is 25.8 Å². The minimum atomic E-state index is -3.87. The molecular weight excluding hydrogens is 661 g/mol. The van der Waals surface area contributed by atoms with Crippen LogP contribution in [0, 0.1) is 0 Å². The number of rotatable bonds is 11. The maximum Gasteiger partial charge on any atom is 0.244 e. The Kier molecular flexibility index (Phi) is 11.3. The molecule has 0 spiro atoms. The number of anilines is 1. The van der Waals surface area contributed by atoms with Crippen LogP contribution in [0.5, 0.6) is 0 Å². The van der Waals surface area contributed by atoms with Crippen LogP contribution in [0.2, 0.25) is 10.0 Å². The Morgan fingerprint density at radius 1 is 0.952 bits per heavy atom. The van der Waals surface area contributed by atoms with E-state index in [1.165, 1.54) is 4.90 Å². The van der Waals surface area contributed by atoms with Crippen LogP contribution in [0.15, 0.2) is 77.3 Å². The van der Waals surface area contributed by atoms with Gasteiger partial charge in [-0.2, -0.15) is 0 Å². The van der Waals surface area contributed by atoms with Gasteiger partial charge in [-0.1, -0.05) is 101 Å². The molecular formula is C31H34BrCl2N3O4S. The molecule has 0 unspecified atom stereocenters. The first-order valence-electron chi connectivity index (χ1n) is 13.8. The van der Waals surface area contributed by atoms with E-state index < -0.39 is 28.5 Å². The molecule has 7 nitrogen and oxygen atoms in total. The second-order valence-corrected chi connectivity index (χ2v) is 14.2. The molecule has 0 radical (unpaired) electrons. The highest BCUT2D eigenvalue weighted by Crippen LogP contribution is 2.29. The van der Waals surface area contributed by atoms with E-state index in [-0.39, 0.29) is 24.9 Å². The smallest absolute Gasteiger partial charge is 0.244 e. The molecule has 1 aliphatic rings. The first-order chi connectivity index (χ1) is 20.0. The number of hydrogen-bond acceptors (Lipinski definition) is 4. The van der Waals surface area contributed by atoms with E-state index in [4.69, 9.17) is 23.2 Å². The molecule has 1 aliphatic carbocycles. The van der Waals surface area contributed by atoms with Crippen LogP contribution >= 0.6 is 39.1 Å². The molecule has 3 aromatic carbocycles. The fourth-order valence-electron chi connectivity index (χ4n) is 5.20. The SMILES string of the molecule is CS(=O)(=O)N(CC(=O)N(Cc1c(Cl)cccc1Cl)[C@H](Cc1ccccc1)C(=O)NC1CCCCC1)c1cccc(Br)c1. The van der Waals surface area contributed by atoms with Crippen molar-refractivity contribution in [3.8, 4) is 0 Å². The minimum Gasteiger partial charge on any atom is -0.352 e. The lowest BCUT2D eigenvalue weighted by Gasteiger charge is -2.35. The number of amides is 2. The highest BCUT2D eigenvalue weighted by atomic mass is 79.9. The zero-order valence-corrected chi connectivity index (χ0v) is 27.2. The maximum absolute atomic E-state index is 14.3. The van der Waals surface area contributed by atoms with Gasteiger partial charge in [-0.25, -0.2) is 8.42 Å². The Morgan fingerprint density at radius 3 is 2.21 bits per heavy atom. The summed E-state index contributed by atoms with van der Waals surface area (Å²) in [4.78, 5) is 29.7. The van der Waals surface area contributed by atoms with E-state index in [9.17, 15) is 18.0 Å². The minimum absolute atomic E-state index is 0.0135. The first-order valence-corrected chi connectivity index (χ1v) is 17.2. The Hall–Kier alpha value is -2.59. The molecule has 11 heteroatoms. The lowest BCUT2D eigenvalue weighted by molar-refractivity contribution is -0.140. The fourth-order valence-corrected chi connectivity index (χ4v) is 6.94. The lowest BCUT2D eigenvalue weighted by atomic mass is 9.94. The molecule has 1 N–H and O–H groups in total. The van der Waals surface area contributed by atoms with E-state index in [1.807, 2.05) is 30.3 Å². The largest absolute Gasteiger partial charge is 0.352 e. The van der Waals surface area contributed by atoms with Crippen molar-refractivity contribution < 1.29 is 18.0 Å². The van der Waals surface area contributed by atoms with Crippen LogP contribution in [0.4, 0.5) is 5.69 Å². The van der Waals surface area contributed by atoms with Crippen molar-refractivity contribution in [1.29, 1.82) is 0 Å². The Balaban J connectivity index is 1.76. The van der Waals surface area contributed by atoms with Crippen molar-refractivity contribution in [2.75, 3.05) is 17.1 Å². The average Bonchev–Trinajstić information content (AvgIpc) is 2.95. The maximum atomic E-state index is 14.3. The van der Waals surface area contributed by atoms with Gasteiger partial charge >= 0.3 is 0 Å². The summed E-state index contributed by atoms with van der Waals surface area (Å²) >= 11 is 16.5. The van der Waals surface area contributed by atoms with Crippen molar-refractivity contribution in [2.45, 2.75) is 57.2 Å². The predicted octanol–water partition coefficient (Wildman–Crippen LogP) is 6.61. The Labute approximate surface area is 266 Å². The van der Waals surface area contributed by atoms with Crippen LogP contribution in [-0.4, -0.2) is 50.0 Å². The number of benzene rings is 3. The molecule has 2 amide bonds. The van der Waals surface area contributed by atoms with Crippen molar-refractivity contribution >= 4 is 66.7 Å². The molecule has 1 fully saturated rings. The Morgan fingerprint density at radius 2 is 1.60 bits per heavy atom. The molecule has 0 aliphatic heterocycles. The van der Waals surface area contributed by atoms with Gasteiger partial charge in [0.15, 0.2) is 0 Å². The van der Waals surface area contributed by atoms with Crippen molar-refractivity contribution in [2.24, 2.45) is 0 Å². The highest BCUT2D eigenvalue weighted by molar-refractivity contribution is 9.10. The second kappa shape index (κ2) is 14.7. The fraction of sp³-hybridized carbons (Fsp3) is 0.355. The summed E-state index contributed by atoms with van der Waals surface area (Å²) in [6.07, 6.45) is 6.21. The zero-order valence-electron chi connectivity index (χ0n) is 23.3. The van der Waals surface area contributed by atoms with E-state index in [2.05, 4.69) is 21.2 Å². The molecule has 0 saturated heterocycles. The third-order valence-electron chi connectivity index (χ3n) is 7.39. The number of nitrogens with one attached hydrogen (secondary N) is 1. The quantitative estimate of drug-likeness (QED) is 0.245. The van der Waals surface area contributed by atoms with Crippen LogP contribution in [0.3, 0.4) is 0 Å². The zero-order chi connectivity index (χ0) is 30.3. The van der Waals surface area contributed by atoms with Gasteiger partial charge in [-0.3, -0.25) is 13.9 Å². The number of nitrogens with zero attached hydrogens (tertiary/aromatic N) is 2.